The van der Waals surface area contributed by atoms with Crippen molar-refractivity contribution in [2.45, 2.75) is 25.3 Å². The largest absolute Gasteiger partial charge is 0.452 e. The van der Waals surface area contributed by atoms with Crippen LogP contribution in [-0.2, 0) is 30.8 Å². The summed E-state index contributed by atoms with van der Waals surface area (Å²) in [5.74, 6) is -1.40. The third-order valence-electron chi connectivity index (χ3n) is 4.64. The lowest BCUT2D eigenvalue weighted by Gasteiger charge is -2.17. The van der Waals surface area contributed by atoms with Gasteiger partial charge in [0.2, 0.25) is 15.9 Å². The number of nitrogens with zero attached hydrogens (tertiary/aromatic N) is 2. The highest BCUT2D eigenvalue weighted by Crippen LogP contribution is 2.30. The molecule has 0 atom stereocenters. The van der Waals surface area contributed by atoms with Gasteiger partial charge in [-0.15, -0.1) is 0 Å². The molecule has 0 spiro atoms. The number of carbonyl (C=O) groups is 3. The van der Waals surface area contributed by atoms with Crippen LogP contribution in [0.1, 0.15) is 28.8 Å². The molecular formula is C18H23N3O6S. The molecule has 0 bridgehead atoms. The highest BCUT2D eigenvalue weighted by Gasteiger charge is 2.27. The van der Waals surface area contributed by atoms with Gasteiger partial charge in [0.25, 0.3) is 5.91 Å². The predicted octanol–water partition coefficient (Wildman–Crippen LogP) is -0.0975. The van der Waals surface area contributed by atoms with Crippen LogP contribution in [0.5, 0.6) is 0 Å². The lowest BCUT2D eigenvalue weighted by molar-refractivity contribution is -0.137. The Bertz CT molecular complexity index is 910. The lowest BCUT2D eigenvalue weighted by Crippen LogP contribution is -2.40. The number of ether oxygens (including phenoxy) is 1. The smallest absolute Gasteiger partial charge is 0.338 e. The molecule has 3 rings (SSSR count). The number of carbonyl (C=O) groups excluding carboxylic acids is 3. The third kappa shape index (κ3) is 4.80. The van der Waals surface area contributed by atoms with Gasteiger partial charge in [0.05, 0.1) is 24.1 Å². The summed E-state index contributed by atoms with van der Waals surface area (Å²) < 4.78 is 29.9. The van der Waals surface area contributed by atoms with E-state index in [0.29, 0.717) is 18.7 Å². The highest BCUT2D eigenvalue weighted by molar-refractivity contribution is 7.92. The van der Waals surface area contributed by atoms with Gasteiger partial charge in [-0.25, -0.2) is 13.2 Å². The second-order valence-corrected chi connectivity index (χ2v) is 9.00. The number of amides is 2. The maximum atomic E-state index is 12.2. The van der Waals surface area contributed by atoms with E-state index in [1.165, 1.54) is 22.3 Å². The zero-order valence-corrected chi connectivity index (χ0v) is 16.6. The normalized spacial score (nSPS) is 15.7. The number of likely N-dealkylation sites (N-methyl/N-ethyl adjacent to an activating group) is 1. The van der Waals surface area contributed by atoms with Crippen LogP contribution in [-0.4, -0.2) is 70.1 Å². The Morgan fingerprint density at radius 2 is 2.00 bits per heavy atom. The van der Waals surface area contributed by atoms with Gasteiger partial charge in [-0.3, -0.25) is 13.9 Å². The molecule has 1 aliphatic carbocycles. The van der Waals surface area contributed by atoms with E-state index in [-0.39, 0.29) is 24.1 Å². The minimum atomic E-state index is -3.36. The summed E-state index contributed by atoms with van der Waals surface area (Å²) in [6.07, 6.45) is 3.56. The minimum Gasteiger partial charge on any atom is -0.452 e. The molecule has 2 amide bonds. The van der Waals surface area contributed by atoms with Crippen molar-refractivity contribution in [1.29, 1.82) is 0 Å². The van der Waals surface area contributed by atoms with E-state index in [0.717, 1.165) is 24.7 Å². The van der Waals surface area contributed by atoms with Gasteiger partial charge in [0.1, 0.15) is 0 Å². The molecule has 0 radical (unpaired) electrons. The Morgan fingerprint density at radius 3 is 2.64 bits per heavy atom. The number of hydrogen-bond donors (Lipinski definition) is 1. The quantitative estimate of drug-likeness (QED) is 0.630. The molecule has 1 aliphatic heterocycles. The molecule has 28 heavy (non-hydrogen) atoms. The average Bonchev–Trinajstić information content (AvgIpc) is 3.31. The first-order valence-electron chi connectivity index (χ1n) is 8.96. The number of fused-ring (bicyclic) bond motifs is 1. The summed E-state index contributed by atoms with van der Waals surface area (Å²) in [4.78, 5) is 37.2. The molecule has 1 aromatic rings. The van der Waals surface area contributed by atoms with Crippen LogP contribution in [0.15, 0.2) is 18.2 Å². The average molecular weight is 409 g/mol. The fourth-order valence-electron chi connectivity index (χ4n) is 2.97. The van der Waals surface area contributed by atoms with Crippen molar-refractivity contribution in [3.8, 4) is 0 Å². The van der Waals surface area contributed by atoms with Gasteiger partial charge >= 0.3 is 5.97 Å². The third-order valence-corrected chi connectivity index (χ3v) is 5.82. The van der Waals surface area contributed by atoms with E-state index < -0.39 is 28.5 Å². The number of hydrogen-bond acceptors (Lipinski definition) is 6. The first kappa shape index (κ1) is 20.1. The van der Waals surface area contributed by atoms with Gasteiger partial charge in [-0.05, 0) is 43.0 Å². The first-order valence-corrected chi connectivity index (χ1v) is 10.8. The monoisotopic (exact) mass is 409 g/mol. The summed E-state index contributed by atoms with van der Waals surface area (Å²) in [5.41, 5.74) is 1.53. The van der Waals surface area contributed by atoms with Crippen molar-refractivity contribution in [2.75, 3.05) is 37.3 Å². The fraction of sp³-hybridized carbons (Fsp3) is 0.500. The molecule has 1 aromatic carbocycles. The lowest BCUT2D eigenvalue weighted by atomic mass is 10.1. The molecule has 10 heteroatoms. The molecular weight excluding hydrogens is 386 g/mol. The number of nitrogens with one attached hydrogen (secondary N) is 1. The molecule has 1 fully saturated rings. The molecule has 0 saturated heterocycles. The Hall–Kier alpha value is -2.62. The highest BCUT2D eigenvalue weighted by atomic mass is 32.2. The van der Waals surface area contributed by atoms with E-state index >= 15 is 0 Å². The van der Waals surface area contributed by atoms with Crippen LogP contribution in [0.3, 0.4) is 0 Å². The van der Waals surface area contributed by atoms with E-state index in [2.05, 4.69) is 5.32 Å². The molecule has 1 N–H and O–H groups in total. The van der Waals surface area contributed by atoms with E-state index in [1.54, 1.807) is 12.1 Å². The zero-order valence-electron chi connectivity index (χ0n) is 15.8. The number of anilines is 1. The number of rotatable bonds is 7. The van der Waals surface area contributed by atoms with Gasteiger partial charge in [0, 0.05) is 19.6 Å². The summed E-state index contributed by atoms with van der Waals surface area (Å²) >= 11 is 0. The van der Waals surface area contributed by atoms with Gasteiger partial charge < -0.3 is 15.0 Å². The van der Waals surface area contributed by atoms with Crippen LogP contribution in [0.25, 0.3) is 0 Å². The Kier molecular flexibility index (Phi) is 5.59. The van der Waals surface area contributed by atoms with E-state index in [4.69, 9.17) is 4.74 Å². The van der Waals surface area contributed by atoms with Crippen LogP contribution in [0.4, 0.5) is 5.69 Å². The minimum absolute atomic E-state index is 0.0902. The topological polar surface area (TPSA) is 113 Å². The second kappa shape index (κ2) is 7.78. The molecule has 1 saturated carbocycles. The summed E-state index contributed by atoms with van der Waals surface area (Å²) in [7, 11) is -1.89. The Labute approximate surface area is 163 Å². The Balaban J connectivity index is 1.53. The zero-order chi connectivity index (χ0) is 20.5. The van der Waals surface area contributed by atoms with Crippen LogP contribution >= 0.6 is 0 Å². The van der Waals surface area contributed by atoms with Gasteiger partial charge in [-0.2, -0.15) is 0 Å². The Morgan fingerprint density at radius 1 is 1.29 bits per heavy atom. The van der Waals surface area contributed by atoms with E-state index in [9.17, 15) is 22.8 Å². The predicted molar refractivity (Wildman–Crippen MR) is 101 cm³/mol. The summed E-state index contributed by atoms with van der Waals surface area (Å²) in [6, 6.07) is 4.84. The van der Waals surface area contributed by atoms with Gasteiger partial charge in [-0.1, -0.05) is 0 Å². The maximum absolute atomic E-state index is 12.2. The molecule has 152 valence electrons. The maximum Gasteiger partial charge on any atom is 0.338 e. The molecule has 2 aliphatic rings. The van der Waals surface area contributed by atoms with Crippen molar-refractivity contribution in [1.82, 2.24) is 10.2 Å². The standard InChI is InChI=1S/C18H23N3O6S/c1-20(10-16(22)19-14-4-5-14)17(23)11-27-18(24)13-3-6-15-12(9-13)7-8-21(15)28(2,25)26/h3,6,9,14H,4-5,7-8,10-11H2,1-2H3,(H,19,22). The molecule has 1 heterocycles. The number of benzene rings is 1. The van der Waals surface area contributed by atoms with Crippen molar-refractivity contribution in [2.24, 2.45) is 0 Å². The van der Waals surface area contributed by atoms with Crippen molar-refractivity contribution in [3.63, 3.8) is 0 Å². The molecule has 0 aromatic heterocycles. The number of sulfonamides is 1. The summed E-state index contributed by atoms with van der Waals surface area (Å²) in [5, 5.41) is 2.78. The van der Waals surface area contributed by atoms with Crippen LogP contribution in [0.2, 0.25) is 0 Å². The van der Waals surface area contributed by atoms with Crippen LogP contribution < -0.4 is 9.62 Å². The second-order valence-electron chi connectivity index (χ2n) is 7.10. The molecule has 9 nitrogen and oxygen atoms in total. The molecule has 0 unspecified atom stereocenters. The van der Waals surface area contributed by atoms with Crippen molar-refractivity contribution in [3.05, 3.63) is 29.3 Å². The van der Waals surface area contributed by atoms with Crippen molar-refractivity contribution >= 4 is 33.5 Å². The van der Waals surface area contributed by atoms with Gasteiger partial charge in [0.15, 0.2) is 6.61 Å². The fourth-order valence-corrected chi connectivity index (χ4v) is 3.93. The summed E-state index contributed by atoms with van der Waals surface area (Å²) in [6.45, 7) is -0.232. The SMILES string of the molecule is CN(CC(=O)NC1CC1)C(=O)COC(=O)c1ccc2c(c1)CCN2S(C)(=O)=O. The first-order chi connectivity index (χ1) is 13.1. The van der Waals surface area contributed by atoms with Crippen molar-refractivity contribution < 1.29 is 27.5 Å². The van der Waals surface area contributed by atoms with Crippen LogP contribution in [0, 0.1) is 0 Å². The number of esters is 1. The van der Waals surface area contributed by atoms with E-state index in [1.807, 2.05) is 0 Å².